The van der Waals surface area contributed by atoms with Crippen molar-refractivity contribution in [2.45, 2.75) is 6.92 Å². The predicted octanol–water partition coefficient (Wildman–Crippen LogP) is 6.61. The molecule has 156 valence electrons. The number of aryl methyl sites for hydroxylation is 2. The summed E-state index contributed by atoms with van der Waals surface area (Å²) in [5.41, 5.74) is 5.87. The summed E-state index contributed by atoms with van der Waals surface area (Å²) in [6, 6.07) is 24.4. The smallest absolute Gasteiger partial charge is 0.295 e. The second-order valence-corrected chi connectivity index (χ2v) is 8.07. The summed E-state index contributed by atoms with van der Waals surface area (Å²) in [7, 11) is 2.04. The summed E-state index contributed by atoms with van der Waals surface area (Å²) in [5, 5.41) is 0.952. The van der Waals surface area contributed by atoms with E-state index in [1.165, 1.54) is 6.07 Å². The first-order valence-corrected chi connectivity index (χ1v) is 10.4. The number of imidazole rings is 1. The topological polar surface area (TPSA) is 21.9 Å². The molecule has 2 aromatic heterocycles. The zero-order valence-corrected chi connectivity index (χ0v) is 17.6. The molecule has 6 rings (SSSR count). The number of hydrogen-bond donors (Lipinski definition) is 0. The number of aromatic nitrogens is 2. The van der Waals surface area contributed by atoms with E-state index in [4.69, 9.17) is 4.42 Å². The molecule has 0 atom stereocenters. The van der Waals surface area contributed by atoms with Crippen molar-refractivity contribution < 1.29 is 17.8 Å². The minimum Gasteiger partial charge on any atom is -0.456 e. The van der Waals surface area contributed by atoms with Gasteiger partial charge >= 0.3 is 0 Å². The molecule has 0 aliphatic carbocycles. The maximum Gasteiger partial charge on any atom is 0.295 e. The van der Waals surface area contributed by atoms with Gasteiger partial charge in [0.25, 0.3) is 5.82 Å². The number of rotatable bonds is 2. The van der Waals surface area contributed by atoms with Crippen molar-refractivity contribution in [1.29, 1.82) is 0 Å². The first-order valence-electron chi connectivity index (χ1n) is 10.4. The summed E-state index contributed by atoms with van der Waals surface area (Å²) in [4.78, 5) is 0. The molecule has 0 radical (unpaired) electrons. The van der Waals surface area contributed by atoms with Crippen LogP contribution in [0.25, 0.3) is 50.0 Å². The van der Waals surface area contributed by atoms with E-state index in [0.29, 0.717) is 16.4 Å². The fraction of sp³-hybridized carbons (Fsp3) is 0.0741. The summed E-state index contributed by atoms with van der Waals surface area (Å²) >= 11 is 0. The monoisotopic (exact) mass is 425 g/mol. The molecule has 32 heavy (non-hydrogen) atoms. The number of furan rings is 1. The van der Waals surface area contributed by atoms with Crippen molar-refractivity contribution in [2.75, 3.05) is 0 Å². The zero-order chi connectivity index (χ0) is 22.0. The van der Waals surface area contributed by atoms with Gasteiger partial charge in [0, 0.05) is 17.5 Å². The van der Waals surface area contributed by atoms with Crippen LogP contribution in [0.5, 0.6) is 0 Å². The first kappa shape index (κ1) is 18.8. The van der Waals surface area contributed by atoms with Gasteiger partial charge in [-0.25, -0.2) is 13.3 Å². The fourth-order valence-corrected chi connectivity index (χ4v) is 4.67. The lowest BCUT2D eigenvalue weighted by molar-refractivity contribution is -0.633. The maximum atomic E-state index is 14.5. The summed E-state index contributed by atoms with van der Waals surface area (Å²) in [5.74, 6) is -0.291. The van der Waals surface area contributed by atoms with E-state index in [0.717, 1.165) is 39.7 Å². The Bertz CT molecular complexity index is 1660. The molecule has 0 fully saturated rings. The molecular formula is C27H19F2N2O+. The molecule has 0 aliphatic heterocycles. The molecule has 0 unspecified atom stereocenters. The van der Waals surface area contributed by atoms with Crippen molar-refractivity contribution in [3.05, 3.63) is 96.1 Å². The third-order valence-corrected chi connectivity index (χ3v) is 6.10. The van der Waals surface area contributed by atoms with Crippen LogP contribution in [-0.2, 0) is 7.05 Å². The van der Waals surface area contributed by atoms with Crippen molar-refractivity contribution in [3.63, 3.8) is 0 Å². The molecule has 0 N–H and O–H groups in total. The van der Waals surface area contributed by atoms with Gasteiger partial charge in [-0.2, -0.15) is 4.57 Å². The SMILES string of the molecule is Cc1cc2c(cc1-c1n(-c3ccccc3)c3ccccc3[n+]1C)oc1cc(F)cc(F)c12. The minimum absolute atomic E-state index is 0.210. The lowest BCUT2D eigenvalue weighted by atomic mass is 10.0. The Hall–Kier alpha value is -3.99. The van der Waals surface area contributed by atoms with Crippen molar-refractivity contribution in [3.8, 4) is 17.1 Å². The van der Waals surface area contributed by atoms with Crippen LogP contribution < -0.4 is 4.57 Å². The molecule has 0 saturated heterocycles. The van der Waals surface area contributed by atoms with Crippen molar-refractivity contribution >= 4 is 33.0 Å². The number of hydrogen-bond acceptors (Lipinski definition) is 1. The van der Waals surface area contributed by atoms with Gasteiger partial charge < -0.3 is 4.42 Å². The number of nitrogens with zero attached hydrogens (tertiary/aromatic N) is 2. The molecule has 6 aromatic rings. The van der Waals surface area contributed by atoms with E-state index in [1.54, 1.807) is 0 Å². The average Bonchev–Trinajstić information content (AvgIpc) is 3.28. The normalized spacial score (nSPS) is 11.8. The Morgan fingerprint density at radius 3 is 2.41 bits per heavy atom. The van der Waals surface area contributed by atoms with E-state index < -0.39 is 11.6 Å². The first-order chi connectivity index (χ1) is 15.5. The van der Waals surface area contributed by atoms with Crippen molar-refractivity contribution in [2.24, 2.45) is 7.05 Å². The highest BCUT2D eigenvalue weighted by Crippen LogP contribution is 2.37. The average molecular weight is 425 g/mol. The van der Waals surface area contributed by atoms with Gasteiger partial charge in [-0.15, -0.1) is 0 Å². The standard InChI is InChI=1S/C27H19F2N2O/c1-16-12-20-24(32-25-14-17(28)13-21(29)26(20)25)15-19(16)27-30(2)22-10-6-7-11-23(22)31(27)18-8-4-3-5-9-18/h3-15H,1-2H3/q+1. The van der Waals surface area contributed by atoms with Gasteiger partial charge in [-0.3, -0.25) is 0 Å². The highest BCUT2D eigenvalue weighted by atomic mass is 19.1. The lowest BCUT2D eigenvalue weighted by Gasteiger charge is -2.07. The second-order valence-electron chi connectivity index (χ2n) is 8.07. The Balaban J connectivity index is 1.72. The van der Waals surface area contributed by atoms with Crippen LogP contribution in [-0.4, -0.2) is 4.57 Å². The van der Waals surface area contributed by atoms with E-state index in [2.05, 4.69) is 33.4 Å². The van der Waals surface area contributed by atoms with Crippen molar-refractivity contribution in [1.82, 2.24) is 4.57 Å². The van der Waals surface area contributed by atoms with Gasteiger partial charge in [0.05, 0.1) is 18.0 Å². The molecule has 0 amide bonds. The number of halogens is 2. The minimum atomic E-state index is -0.651. The molecular weight excluding hydrogens is 406 g/mol. The van der Waals surface area contributed by atoms with Crippen LogP contribution >= 0.6 is 0 Å². The number of benzene rings is 4. The molecule has 0 spiro atoms. The second kappa shape index (κ2) is 6.76. The highest BCUT2D eigenvalue weighted by molar-refractivity contribution is 6.06. The van der Waals surface area contributed by atoms with Crippen LogP contribution in [0.3, 0.4) is 0 Å². The van der Waals surface area contributed by atoms with E-state index in [1.807, 2.05) is 56.4 Å². The molecule has 2 heterocycles. The van der Waals surface area contributed by atoms with Gasteiger partial charge in [0.15, 0.2) is 11.0 Å². The van der Waals surface area contributed by atoms with E-state index in [9.17, 15) is 8.78 Å². The van der Waals surface area contributed by atoms with Gasteiger partial charge in [-0.1, -0.05) is 30.3 Å². The molecule has 5 heteroatoms. The molecule has 0 bridgehead atoms. The Morgan fingerprint density at radius 1 is 0.844 bits per heavy atom. The van der Waals surface area contributed by atoms with Crippen LogP contribution in [0.4, 0.5) is 8.78 Å². The van der Waals surface area contributed by atoms with E-state index >= 15 is 0 Å². The van der Waals surface area contributed by atoms with Crippen LogP contribution in [0.1, 0.15) is 5.56 Å². The van der Waals surface area contributed by atoms with Crippen LogP contribution in [0.15, 0.2) is 83.3 Å². The maximum absolute atomic E-state index is 14.5. The largest absolute Gasteiger partial charge is 0.456 e. The molecule has 3 nitrogen and oxygen atoms in total. The molecule has 0 aliphatic rings. The quantitative estimate of drug-likeness (QED) is 0.286. The summed E-state index contributed by atoms with van der Waals surface area (Å²) in [6.45, 7) is 2.00. The van der Waals surface area contributed by atoms with Gasteiger partial charge in [0.2, 0.25) is 0 Å². The Kier molecular flexibility index (Phi) is 3.96. The lowest BCUT2D eigenvalue weighted by Crippen LogP contribution is -2.30. The Morgan fingerprint density at radius 2 is 1.59 bits per heavy atom. The summed E-state index contributed by atoms with van der Waals surface area (Å²) < 4.78 is 38.6. The Labute approximate surface area is 182 Å². The fourth-order valence-electron chi connectivity index (χ4n) is 4.67. The predicted molar refractivity (Wildman–Crippen MR) is 122 cm³/mol. The molecule has 4 aromatic carbocycles. The third-order valence-electron chi connectivity index (χ3n) is 6.10. The molecule has 0 saturated carbocycles. The number of fused-ring (bicyclic) bond motifs is 4. The van der Waals surface area contributed by atoms with Gasteiger partial charge in [-0.05, 0) is 48.9 Å². The summed E-state index contributed by atoms with van der Waals surface area (Å²) in [6.07, 6.45) is 0. The van der Waals surface area contributed by atoms with Crippen LogP contribution in [0, 0.1) is 18.6 Å². The van der Waals surface area contributed by atoms with E-state index in [-0.39, 0.29) is 5.58 Å². The van der Waals surface area contributed by atoms with Gasteiger partial charge in [0.1, 0.15) is 28.5 Å². The van der Waals surface area contributed by atoms with Crippen LogP contribution in [0.2, 0.25) is 0 Å². The zero-order valence-electron chi connectivity index (χ0n) is 17.6. The highest BCUT2D eigenvalue weighted by Gasteiger charge is 2.28. The number of para-hydroxylation sites is 3. The third kappa shape index (κ3) is 2.61.